The Bertz CT molecular complexity index is 1370. The van der Waals surface area contributed by atoms with Crippen LogP contribution in [0.1, 0.15) is 19.4 Å². The number of phenolic OH excluding ortho intramolecular Hbond substituents is 1. The molecule has 4 aromatic rings. The molecule has 35 heavy (non-hydrogen) atoms. The van der Waals surface area contributed by atoms with Gasteiger partial charge in [0.2, 0.25) is 5.95 Å². The second-order valence-electron chi connectivity index (χ2n) is 8.63. The number of hydrogen-bond acceptors (Lipinski definition) is 8. The van der Waals surface area contributed by atoms with E-state index in [1.165, 1.54) is 0 Å². The van der Waals surface area contributed by atoms with Gasteiger partial charge in [-0.15, -0.1) is 35.0 Å². The van der Waals surface area contributed by atoms with Gasteiger partial charge in [-0.25, -0.2) is 4.98 Å². The highest BCUT2D eigenvalue weighted by molar-refractivity contribution is 5.89. The summed E-state index contributed by atoms with van der Waals surface area (Å²) < 4.78 is 1.69. The second kappa shape index (κ2) is 10.4. The molecule has 11 heteroatoms. The van der Waals surface area contributed by atoms with Crippen LogP contribution in [-0.4, -0.2) is 55.2 Å². The van der Waals surface area contributed by atoms with E-state index in [2.05, 4.69) is 50.4 Å². The summed E-state index contributed by atoms with van der Waals surface area (Å²) >= 11 is 0. The standard InChI is InChI=1S/C24H24N8O.2ClH/c1-14-11-32(12-15(2)27-14)24-26-10-21(28-29-24)20-5-4-16(8-22(20)33)17-6-18(9-25)23-19(7-17)13-31(3)30-23;;/h4-8,10,13-15,27,33H,11-12H2,1-3H3;2*1H/t14-,15+;;. The van der Waals surface area contributed by atoms with Crippen LogP contribution >= 0.6 is 24.8 Å². The molecule has 1 aliphatic rings. The van der Waals surface area contributed by atoms with Gasteiger partial charge < -0.3 is 15.3 Å². The van der Waals surface area contributed by atoms with Crippen molar-refractivity contribution in [1.82, 2.24) is 30.3 Å². The maximum Gasteiger partial charge on any atom is 0.245 e. The first-order valence-corrected chi connectivity index (χ1v) is 10.8. The zero-order chi connectivity index (χ0) is 23.1. The molecule has 2 aromatic carbocycles. The molecule has 0 bridgehead atoms. The lowest BCUT2D eigenvalue weighted by Gasteiger charge is -2.35. The van der Waals surface area contributed by atoms with Crippen molar-refractivity contribution in [3.63, 3.8) is 0 Å². The van der Waals surface area contributed by atoms with Crippen LogP contribution in [0.4, 0.5) is 5.95 Å². The van der Waals surface area contributed by atoms with Crippen molar-refractivity contribution >= 4 is 41.7 Å². The zero-order valence-electron chi connectivity index (χ0n) is 19.5. The van der Waals surface area contributed by atoms with Crippen molar-refractivity contribution in [2.24, 2.45) is 7.05 Å². The number of phenols is 1. The fraction of sp³-hybridized carbons (Fsp3) is 0.292. The number of nitrogens with one attached hydrogen (secondary N) is 1. The molecule has 5 rings (SSSR count). The third-order valence-electron chi connectivity index (χ3n) is 5.84. The number of piperazine rings is 1. The number of aryl methyl sites for hydroxylation is 1. The lowest BCUT2D eigenvalue weighted by molar-refractivity contribution is 0.402. The normalized spacial score (nSPS) is 17.4. The maximum absolute atomic E-state index is 10.7. The number of benzene rings is 2. The molecule has 2 aromatic heterocycles. The molecule has 2 N–H and O–H groups in total. The fourth-order valence-electron chi connectivity index (χ4n) is 4.46. The van der Waals surface area contributed by atoms with Gasteiger partial charge in [0.25, 0.3) is 0 Å². The van der Waals surface area contributed by atoms with E-state index >= 15 is 0 Å². The Morgan fingerprint density at radius 3 is 2.43 bits per heavy atom. The Balaban J connectivity index is 0.00000171. The van der Waals surface area contributed by atoms with Crippen LogP contribution < -0.4 is 10.2 Å². The number of hydrogen-bond donors (Lipinski definition) is 2. The fourth-order valence-corrected chi connectivity index (χ4v) is 4.46. The summed E-state index contributed by atoms with van der Waals surface area (Å²) in [4.78, 5) is 6.61. The smallest absolute Gasteiger partial charge is 0.245 e. The Morgan fingerprint density at radius 1 is 1.06 bits per heavy atom. The van der Waals surface area contributed by atoms with Gasteiger partial charge in [-0.1, -0.05) is 6.07 Å². The van der Waals surface area contributed by atoms with E-state index in [-0.39, 0.29) is 30.6 Å². The van der Waals surface area contributed by atoms with Gasteiger partial charge >= 0.3 is 0 Å². The predicted molar refractivity (Wildman–Crippen MR) is 140 cm³/mol. The molecular weight excluding hydrogens is 487 g/mol. The van der Waals surface area contributed by atoms with Crippen LogP contribution in [0.3, 0.4) is 0 Å². The van der Waals surface area contributed by atoms with Gasteiger partial charge in [-0.05, 0) is 49.2 Å². The molecule has 3 heterocycles. The number of fused-ring (bicyclic) bond motifs is 1. The van der Waals surface area contributed by atoms with Crippen molar-refractivity contribution in [2.45, 2.75) is 25.9 Å². The van der Waals surface area contributed by atoms with Crippen molar-refractivity contribution < 1.29 is 5.11 Å². The number of aromatic hydroxyl groups is 1. The summed E-state index contributed by atoms with van der Waals surface area (Å²) in [5.74, 6) is 0.662. The summed E-state index contributed by atoms with van der Waals surface area (Å²) in [5, 5.41) is 37.6. The van der Waals surface area contributed by atoms with Crippen LogP contribution in [0.5, 0.6) is 5.75 Å². The first-order chi connectivity index (χ1) is 15.9. The average molecular weight is 513 g/mol. The van der Waals surface area contributed by atoms with E-state index in [0.29, 0.717) is 40.4 Å². The first-order valence-electron chi connectivity index (χ1n) is 10.8. The highest BCUT2D eigenvalue weighted by Crippen LogP contribution is 2.34. The number of halogens is 2. The van der Waals surface area contributed by atoms with Gasteiger partial charge in [0, 0.05) is 49.4 Å². The predicted octanol–water partition coefficient (Wildman–Crippen LogP) is 3.70. The summed E-state index contributed by atoms with van der Waals surface area (Å²) in [5.41, 5.74) is 3.83. The molecule has 0 amide bonds. The molecule has 2 atom stereocenters. The quantitative estimate of drug-likeness (QED) is 0.426. The molecule has 0 radical (unpaired) electrons. The van der Waals surface area contributed by atoms with Crippen LogP contribution in [0.15, 0.2) is 42.7 Å². The average Bonchev–Trinajstić information content (AvgIpc) is 3.18. The van der Waals surface area contributed by atoms with Gasteiger partial charge in [-0.2, -0.15) is 10.4 Å². The minimum Gasteiger partial charge on any atom is -0.507 e. The second-order valence-corrected chi connectivity index (χ2v) is 8.63. The Morgan fingerprint density at radius 2 is 1.80 bits per heavy atom. The molecule has 9 nitrogen and oxygen atoms in total. The summed E-state index contributed by atoms with van der Waals surface area (Å²) in [6.07, 6.45) is 3.51. The van der Waals surface area contributed by atoms with E-state index in [1.54, 1.807) is 29.1 Å². The highest BCUT2D eigenvalue weighted by Gasteiger charge is 2.23. The van der Waals surface area contributed by atoms with Crippen LogP contribution in [-0.2, 0) is 7.05 Å². The minimum absolute atomic E-state index is 0. The van der Waals surface area contributed by atoms with Crippen LogP contribution in [0.2, 0.25) is 0 Å². The van der Waals surface area contributed by atoms with Crippen molar-refractivity contribution in [2.75, 3.05) is 18.0 Å². The van der Waals surface area contributed by atoms with E-state index in [9.17, 15) is 10.4 Å². The maximum atomic E-state index is 10.7. The molecule has 0 saturated carbocycles. The molecule has 1 fully saturated rings. The number of aromatic nitrogens is 5. The number of nitrogens with zero attached hydrogens (tertiary/aromatic N) is 7. The van der Waals surface area contributed by atoms with Gasteiger partial charge in [0.05, 0.1) is 11.8 Å². The van der Waals surface area contributed by atoms with Gasteiger partial charge in [0.15, 0.2) is 0 Å². The summed E-state index contributed by atoms with van der Waals surface area (Å²) in [6, 6.07) is 12.0. The SMILES string of the molecule is C[C@@H]1CN(c2ncc(-c3ccc(-c4cc(C#N)c5nn(C)cc5c4)cc3O)nn2)C[C@H](C)N1.Cl.Cl. The first kappa shape index (κ1) is 26.2. The number of anilines is 1. The van der Waals surface area contributed by atoms with E-state index < -0.39 is 0 Å². The summed E-state index contributed by atoms with van der Waals surface area (Å²) in [7, 11) is 1.82. The van der Waals surface area contributed by atoms with Crippen molar-refractivity contribution in [3.05, 3.63) is 48.3 Å². The number of nitriles is 1. The Labute approximate surface area is 215 Å². The van der Waals surface area contributed by atoms with Gasteiger partial charge in [0.1, 0.15) is 23.0 Å². The lowest BCUT2D eigenvalue weighted by atomic mass is 9.99. The molecular formula is C24H26Cl2N8O. The molecule has 1 saturated heterocycles. The topological polar surface area (TPSA) is 116 Å². The molecule has 1 aliphatic heterocycles. The lowest BCUT2D eigenvalue weighted by Crippen LogP contribution is -2.54. The zero-order valence-corrected chi connectivity index (χ0v) is 21.1. The summed E-state index contributed by atoms with van der Waals surface area (Å²) in [6.45, 7) is 5.90. The van der Waals surface area contributed by atoms with E-state index in [4.69, 9.17) is 0 Å². The molecule has 182 valence electrons. The molecule has 0 aliphatic carbocycles. The van der Waals surface area contributed by atoms with Crippen molar-refractivity contribution in [3.8, 4) is 34.2 Å². The monoisotopic (exact) mass is 512 g/mol. The van der Waals surface area contributed by atoms with Gasteiger partial charge in [-0.3, -0.25) is 4.68 Å². The van der Waals surface area contributed by atoms with Crippen LogP contribution in [0, 0.1) is 11.3 Å². The Hall–Kier alpha value is -3.45. The highest BCUT2D eigenvalue weighted by atomic mass is 35.5. The molecule has 0 spiro atoms. The minimum atomic E-state index is 0. The Kier molecular flexibility index (Phi) is 7.80. The largest absolute Gasteiger partial charge is 0.507 e. The van der Waals surface area contributed by atoms with Crippen molar-refractivity contribution in [1.29, 1.82) is 5.26 Å². The van der Waals surface area contributed by atoms with Crippen LogP contribution in [0.25, 0.3) is 33.3 Å². The third kappa shape index (κ3) is 5.15. The number of rotatable bonds is 3. The van der Waals surface area contributed by atoms with E-state index in [1.807, 2.05) is 25.4 Å². The molecule has 0 unspecified atom stereocenters. The third-order valence-corrected chi connectivity index (χ3v) is 5.84. The van der Waals surface area contributed by atoms with E-state index in [0.717, 1.165) is 29.6 Å².